The van der Waals surface area contributed by atoms with Crippen molar-refractivity contribution < 1.29 is 9.90 Å². The van der Waals surface area contributed by atoms with E-state index in [4.69, 9.17) is 5.11 Å². The zero-order valence-electron chi connectivity index (χ0n) is 5.31. The van der Waals surface area contributed by atoms with E-state index in [0.29, 0.717) is 0 Å². The molecule has 1 aromatic heterocycles. The lowest BCUT2D eigenvalue weighted by Gasteiger charge is -1.81. The van der Waals surface area contributed by atoms with E-state index in [2.05, 4.69) is 5.10 Å². The Morgan fingerprint density at radius 2 is 2.40 bits per heavy atom. The van der Waals surface area contributed by atoms with Crippen molar-refractivity contribution in [2.45, 2.75) is 0 Å². The van der Waals surface area contributed by atoms with Crippen molar-refractivity contribution in [3.63, 3.8) is 0 Å². The second-order valence-electron chi connectivity index (χ2n) is 1.71. The number of aromatic carboxylic acids is 1. The average Bonchev–Trinajstić information content (AvgIpc) is 2.14. The van der Waals surface area contributed by atoms with Gasteiger partial charge in [0.15, 0.2) is 0 Å². The van der Waals surface area contributed by atoms with E-state index in [1.807, 2.05) is 0 Å². The van der Waals surface area contributed by atoms with Crippen LogP contribution in [-0.2, 0) is 7.05 Å². The standard InChI is InChI=1S/C5H6N2O2.ClH/c1-7-3-4(2-6-7)5(8)9;/h2-3H,1H3,(H,8,9);1H. The van der Waals surface area contributed by atoms with Gasteiger partial charge in [-0.3, -0.25) is 4.68 Å². The van der Waals surface area contributed by atoms with Crippen molar-refractivity contribution in [1.82, 2.24) is 9.78 Å². The number of halogens is 1. The van der Waals surface area contributed by atoms with Crippen LogP contribution in [0, 0.1) is 0 Å². The van der Waals surface area contributed by atoms with Gasteiger partial charge in [0.1, 0.15) is 0 Å². The molecular formula is C5H7ClN2O2. The molecule has 0 saturated heterocycles. The van der Waals surface area contributed by atoms with Gasteiger partial charge in [0, 0.05) is 13.2 Å². The van der Waals surface area contributed by atoms with Gasteiger partial charge in [-0.2, -0.15) is 5.10 Å². The van der Waals surface area contributed by atoms with E-state index in [1.165, 1.54) is 17.1 Å². The van der Waals surface area contributed by atoms with Crippen molar-refractivity contribution in [2.75, 3.05) is 0 Å². The highest BCUT2D eigenvalue weighted by atomic mass is 35.5. The summed E-state index contributed by atoms with van der Waals surface area (Å²) in [5.41, 5.74) is 0.220. The van der Waals surface area contributed by atoms with Gasteiger partial charge < -0.3 is 5.11 Å². The Morgan fingerprint density at radius 3 is 2.60 bits per heavy atom. The largest absolute Gasteiger partial charge is 0.478 e. The molecule has 0 amide bonds. The van der Waals surface area contributed by atoms with E-state index in [1.54, 1.807) is 7.05 Å². The first-order valence-corrected chi connectivity index (χ1v) is 2.42. The van der Waals surface area contributed by atoms with E-state index >= 15 is 0 Å². The summed E-state index contributed by atoms with van der Waals surface area (Å²) in [5, 5.41) is 12.0. The topological polar surface area (TPSA) is 55.1 Å². The first kappa shape index (κ1) is 8.97. The van der Waals surface area contributed by atoms with Gasteiger partial charge >= 0.3 is 5.97 Å². The molecule has 0 aliphatic carbocycles. The van der Waals surface area contributed by atoms with Crippen molar-refractivity contribution >= 4 is 18.4 Å². The highest BCUT2D eigenvalue weighted by molar-refractivity contribution is 5.86. The number of carbonyl (C=O) groups is 1. The van der Waals surface area contributed by atoms with Crippen LogP contribution >= 0.6 is 12.4 Å². The fourth-order valence-electron chi connectivity index (χ4n) is 0.532. The Morgan fingerprint density at radius 1 is 1.80 bits per heavy atom. The van der Waals surface area contributed by atoms with E-state index in [9.17, 15) is 4.79 Å². The molecular weight excluding hydrogens is 156 g/mol. The molecule has 4 nitrogen and oxygen atoms in total. The van der Waals surface area contributed by atoms with Gasteiger partial charge in [0.05, 0.1) is 11.8 Å². The highest BCUT2D eigenvalue weighted by Gasteiger charge is 2.02. The normalized spacial score (nSPS) is 8.50. The van der Waals surface area contributed by atoms with E-state index < -0.39 is 5.97 Å². The van der Waals surface area contributed by atoms with Crippen LogP contribution in [0.4, 0.5) is 0 Å². The monoisotopic (exact) mass is 162 g/mol. The highest BCUT2D eigenvalue weighted by Crippen LogP contribution is 1.93. The minimum atomic E-state index is -0.942. The van der Waals surface area contributed by atoms with Crippen LogP contribution in [-0.4, -0.2) is 20.9 Å². The number of aromatic nitrogens is 2. The summed E-state index contributed by atoms with van der Waals surface area (Å²) in [6.45, 7) is 0. The summed E-state index contributed by atoms with van der Waals surface area (Å²) in [4.78, 5) is 10.2. The summed E-state index contributed by atoms with van der Waals surface area (Å²) >= 11 is 0. The van der Waals surface area contributed by atoms with Crippen LogP contribution in [0.1, 0.15) is 10.4 Å². The molecule has 0 aliphatic heterocycles. The molecule has 56 valence electrons. The molecule has 1 N–H and O–H groups in total. The van der Waals surface area contributed by atoms with Crippen LogP contribution in [0.3, 0.4) is 0 Å². The molecule has 1 heterocycles. The number of hydrogen-bond donors (Lipinski definition) is 1. The Bertz CT molecular complexity index is 233. The van der Waals surface area contributed by atoms with Gasteiger partial charge in [-0.15, -0.1) is 12.4 Å². The maximum atomic E-state index is 10.2. The molecule has 0 bridgehead atoms. The van der Waals surface area contributed by atoms with Crippen molar-refractivity contribution in [3.05, 3.63) is 18.0 Å². The SMILES string of the molecule is Cl.Cn1cc(C(=O)O)cn1. The Labute approximate surface area is 63.9 Å². The molecule has 0 saturated carbocycles. The maximum Gasteiger partial charge on any atom is 0.338 e. The fraction of sp³-hybridized carbons (Fsp3) is 0.200. The molecule has 5 heteroatoms. The molecule has 0 aromatic carbocycles. The number of hydrogen-bond acceptors (Lipinski definition) is 2. The second kappa shape index (κ2) is 3.22. The first-order valence-electron chi connectivity index (χ1n) is 2.42. The summed E-state index contributed by atoms with van der Waals surface area (Å²) in [5.74, 6) is -0.942. The van der Waals surface area contributed by atoms with E-state index in [-0.39, 0.29) is 18.0 Å². The number of carboxylic acids is 1. The lowest BCUT2D eigenvalue weighted by Crippen LogP contribution is -1.92. The third kappa shape index (κ3) is 1.73. The number of rotatable bonds is 1. The predicted octanol–water partition coefficient (Wildman–Crippen LogP) is 0.540. The minimum absolute atomic E-state index is 0. The van der Waals surface area contributed by atoms with Crippen molar-refractivity contribution in [2.24, 2.45) is 7.05 Å². The lowest BCUT2D eigenvalue weighted by molar-refractivity contribution is 0.0697. The third-order valence-electron chi connectivity index (χ3n) is 0.952. The Kier molecular flexibility index (Phi) is 2.89. The molecule has 0 spiro atoms. The van der Waals surface area contributed by atoms with Crippen molar-refractivity contribution in [1.29, 1.82) is 0 Å². The maximum absolute atomic E-state index is 10.2. The quantitative estimate of drug-likeness (QED) is 0.656. The van der Waals surface area contributed by atoms with Crippen LogP contribution in [0.25, 0.3) is 0 Å². The summed E-state index contributed by atoms with van der Waals surface area (Å²) < 4.78 is 1.45. The fourth-order valence-corrected chi connectivity index (χ4v) is 0.532. The average molecular weight is 163 g/mol. The summed E-state index contributed by atoms with van der Waals surface area (Å²) in [6.07, 6.45) is 2.75. The zero-order chi connectivity index (χ0) is 6.85. The first-order chi connectivity index (χ1) is 4.20. The van der Waals surface area contributed by atoms with Gasteiger partial charge in [0.2, 0.25) is 0 Å². The second-order valence-corrected chi connectivity index (χ2v) is 1.71. The van der Waals surface area contributed by atoms with Crippen LogP contribution in [0.5, 0.6) is 0 Å². The zero-order valence-corrected chi connectivity index (χ0v) is 6.13. The van der Waals surface area contributed by atoms with Crippen LogP contribution in [0.15, 0.2) is 12.4 Å². The van der Waals surface area contributed by atoms with E-state index in [0.717, 1.165) is 0 Å². The van der Waals surface area contributed by atoms with Gasteiger partial charge in [-0.1, -0.05) is 0 Å². The molecule has 10 heavy (non-hydrogen) atoms. The lowest BCUT2D eigenvalue weighted by atomic mass is 10.4. The van der Waals surface area contributed by atoms with Crippen molar-refractivity contribution in [3.8, 4) is 0 Å². The third-order valence-corrected chi connectivity index (χ3v) is 0.952. The Balaban J connectivity index is 0.000000810. The molecule has 0 radical (unpaired) electrons. The number of carboxylic acid groups (broad SMARTS) is 1. The molecule has 1 rings (SSSR count). The smallest absolute Gasteiger partial charge is 0.338 e. The van der Waals surface area contributed by atoms with Gasteiger partial charge in [0.25, 0.3) is 0 Å². The molecule has 0 unspecified atom stereocenters. The van der Waals surface area contributed by atoms with Gasteiger partial charge in [-0.25, -0.2) is 4.79 Å². The van der Waals surface area contributed by atoms with Gasteiger partial charge in [-0.05, 0) is 0 Å². The molecule has 0 aliphatic rings. The van der Waals surface area contributed by atoms with Crippen LogP contribution < -0.4 is 0 Å². The summed E-state index contributed by atoms with van der Waals surface area (Å²) in [7, 11) is 1.67. The molecule has 0 fully saturated rings. The Hall–Kier alpha value is -1.03. The molecule has 1 aromatic rings. The predicted molar refractivity (Wildman–Crippen MR) is 37.4 cm³/mol. The number of aryl methyl sites for hydroxylation is 1. The molecule has 0 atom stereocenters. The summed E-state index contributed by atoms with van der Waals surface area (Å²) in [6, 6.07) is 0. The minimum Gasteiger partial charge on any atom is -0.478 e. The van der Waals surface area contributed by atoms with Crippen LogP contribution in [0.2, 0.25) is 0 Å². The number of nitrogens with zero attached hydrogens (tertiary/aromatic N) is 2.